The quantitative estimate of drug-likeness (QED) is 0.298. The zero-order valence-electron chi connectivity index (χ0n) is 14.2. The average Bonchev–Trinajstić information content (AvgIpc) is 2.13. The summed E-state index contributed by atoms with van der Waals surface area (Å²) in [6, 6.07) is 0. The molecule has 0 radical (unpaired) electrons. The number of halogens is 1. The summed E-state index contributed by atoms with van der Waals surface area (Å²) in [4.78, 5) is 0. The van der Waals surface area contributed by atoms with Crippen molar-refractivity contribution in [3.05, 3.63) is 11.6 Å². The second-order valence-corrected chi connectivity index (χ2v) is 13.1. The molecule has 0 unspecified atom stereocenters. The van der Waals surface area contributed by atoms with E-state index in [1.807, 2.05) is 0 Å². The Morgan fingerprint density at radius 1 is 1.11 bits per heavy atom. The molecule has 0 aromatic carbocycles. The van der Waals surface area contributed by atoms with Crippen molar-refractivity contribution in [1.29, 1.82) is 0 Å². The Labute approximate surface area is 130 Å². The first-order valence-electron chi connectivity index (χ1n) is 7.33. The van der Waals surface area contributed by atoms with Gasteiger partial charge in [0.15, 0.2) is 8.32 Å². The van der Waals surface area contributed by atoms with Gasteiger partial charge in [0.1, 0.15) is 0 Å². The van der Waals surface area contributed by atoms with Crippen molar-refractivity contribution in [3.63, 3.8) is 0 Å². The van der Waals surface area contributed by atoms with Crippen LogP contribution in [0.2, 0.25) is 18.1 Å². The third-order valence-electron chi connectivity index (χ3n) is 4.16. The Morgan fingerprint density at radius 3 is 2.00 bits per heavy atom. The SMILES string of the molecule is CC(C)=CCC[C@@](C)(CCBr)O[Si](C)(C)C(C)(C)C. The Balaban J connectivity index is 4.84. The fraction of sp³-hybridized carbons (Fsp3) is 0.875. The Morgan fingerprint density at radius 2 is 1.63 bits per heavy atom. The van der Waals surface area contributed by atoms with Crippen LogP contribution >= 0.6 is 15.9 Å². The third-order valence-corrected chi connectivity index (χ3v) is 9.17. The van der Waals surface area contributed by atoms with Crippen LogP contribution < -0.4 is 0 Å². The van der Waals surface area contributed by atoms with Crippen LogP contribution in [-0.4, -0.2) is 19.2 Å². The normalized spacial score (nSPS) is 16.1. The lowest BCUT2D eigenvalue weighted by Crippen LogP contribution is -2.48. The molecule has 19 heavy (non-hydrogen) atoms. The lowest BCUT2D eigenvalue weighted by atomic mass is 9.97. The van der Waals surface area contributed by atoms with Gasteiger partial charge >= 0.3 is 0 Å². The molecule has 0 amide bonds. The first-order valence-corrected chi connectivity index (χ1v) is 11.4. The fourth-order valence-electron chi connectivity index (χ4n) is 1.86. The molecule has 0 bridgehead atoms. The Kier molecular flexibility index (Phi) is 7.57. The minimum Gasteiger partial charge on any atom is -0.412 e. The van der Waals surface area contributed by atoms with Gasteiger partial charge in [0, 0.05) is 5.33 Å². The van der Waals surface area contributed by atoms with E-state index in [0.29, 0.717) is 0 Å². The molecule has 114 valence electrons. The number of rotatable bonds is 7. The van der Waals surface area contributed by atoms with Gasteiger partial charge in [-0.05, 0) is 58.2 Å². The summed E-state index contributed by atoms with van der Waals surface area (Å²) < 4.78 is 6.69. The summed E-state index contributed by atoms with van der Waals surface area (Å²) in [6.07, 6.45) is 5.62. The van der Waals surface area contributed by atoms with Crippen molar-refractivity contribution in [3.8, 4) is 0 Å². The smallest absolute Gasteiger partial charge is 0.192 e. The molecule has 0 aliphatic rings. The van der Waals surface area contributed by atoms with Crippen LogP contribution in [0.15, 0.2) is 11.6 Å². The topological polar surface area (TPSA) is 9.23 Å². The number of hydrogen-bond donors (Lipinski definition) is 0. The van der Waals surface area contributed by atoms with E-state index in [2.05, 4.69) is 76.6 Å². The maximum Gasteiger partial charge on any atom is 0.192 e. The van der Waals surface area contributed by atoms with Crippen LogP contribution in [0.1, 0.15) is 60.8 Å². The van der Waals surface area contributed by atoms with Gasteiger partial charge in [0.05, 0.1) is 5.60 Å². The van der Waals surface area contributed by atoms with Crippen molar-refractivity contribution >= 4 is 24.2 Å². The van der Waals surface area contributed by atoms with Gasteiger partial charge in [0.2, 0.25) is 0 Å². The molecule has 1 nitrogen and oxygen atoms in total. The maximum absolute atomic E-state index is 6.69. The molecule has 0 aromatic rings. The van der Waals surface area contributed by atoms with E-state index >= 15 is 0 Å². The van der Waals surface area contributed by atoms with Gasteiger partial charge in [-0.25, -0.2) is 0 Å². The highest BCUT2D eigenvalue weighted by molar-refractivity contribution is 9.09. The lowest BCUT2D eigenvalue weighted by Gasteiger charge is -2.44. The highest BCUT2D eigenvalue weighted by Gasteiger charge is 2.42. The van der Waals surface area contributed by atoms with Crippen molar-refractivity contribution < 1.29 is 4.43 Å². The molecule has 0 fully saturated rings. The summed E-state index contributed by atoms with van der Waals surface area (Å²) >= 11 is 3.58. The number of hydrogen-bond acceptors (Lipinski definition) is 1. The third kappa shape index (κ3) is 7.10. The molecule has 0 rings (SSSR count). The summed E-state index contributed by atoms with van der Waals surface area (Å²) in [5.41, 5.74) is 1.40. The molecule has 0 saturated heterocycles. The van der Waals surface area contributed by atoms with Gasteiger partial charge < -0.3 is 4.43 Å². The van der Waals surface area contributed by atoms with E-state index in [1.165, 1.54) is 5.57 Å². The van der Waals surface area contributed by atoms with Crippen molar-refractivity contribution in [2.24, 2.45) is 0 Å². The van der Waals surface area contributed by atoms with Crippen LogP contribution in [0.3, 0.4) is 0 Å². The molecule has 3 heteroatoms. The molecule has 0 N–H and O–H groups in total. The zero-order valence-corrected chi connectivity index (χ0v) is 16.8. The van der Waals surface area contributed by atoms with Crippen molar-refractivity contribution in [1.82, 2.24) is 0 Å². The van der Waals surface area contributed by atoms with Crippen LogP contribution in [-0.2, 0) is 4.43 Å². The molecule has 0 heterocycles. The van der Waals surface area contributed by atoms with E-state index in [4.69, 9.17) is 4.43 Å². The minimum atomic E-state index is -1.70. The predicted molar refractivity (Wildman–Crippen MR) is 93.8 cm³/mol. The lowest BCUT2D eigenvalue weighted by molar-refractivity contribution is 0.0614. The van der Waals surface area contributed by atoms with Gasteiger partial charge in [-0.15, -0.1) is 0 Å². The number of allylic oxidation sites excluding steroid dienone is 2. The molecule has 0 aliphatic carbocycles. The zero-order chi connectivity index (χ0) is 15.3. The van der Waals surface area contributed by atoms with E-state index in [0.717, 1.165) is 24.6 Å². The second kappa shape index (κ2) is 7.42. The molecule has 0 aromatic heterocycles. The molecule has 1 atom stereocenters. The minimum absolute atomic E-state index is 0.00154. The van der Waals surface area contributed by atoms with Gasteiger partial charge in [-0.3, -0.25) is 0 Å². The van der Waals surface area contributed by atoms with E-state index < -0.39 is 8.32 Å². The number of alkyl halides is 1. The average molecular weight is 349 g/mol. The summed E-state index contributed by atoms with van der Waals surface area (Å²) in [5.74, 6) is 0. The van der Waals surface area contributed by atoms with Crippen LogP contribution in [0.4, 0.5) is 0 Å². The van der Waals surface area contributed by atoms with Crippen LogP contribution in [0.25, 0.3) is 0 Å². The summed E-state index contributed by atoms with van der Waals surface area (Å²) in [7, 11) is -1.70. The van der Waals surface area contributed by atoms with E-state index in [-0.39, 0.29) is 10.6 Å². The van der Waals surface area contributed by atoms with Crippen molar-refractivity contribution in [2.45, 2.75) is 84.5 Å². The Hall–Kier alpha value is 0.397. The highest BCUT2D eigenvalue weighted by Crippen LogP contribution is 2.41. The highest BCUT2D eigenvalue weighted by atomic mass is 79.9. The molecule has 0 spiro atoms. The first-order chi connectivity index (χ1) is 8.43. The van der Waals surface area contributed by atoms with Gasteiger partial charge in [-0.2, -0.15) is 0 Å². The monoisotopic (exact) mass is 348 g/mol. The standard InChI is InChI=1S/C16H33BrOSi/c1-14(2)10-9-11-16(6,12-13-17)18-19(7,8)15(3,4)5/h10H,9,11-13H2,1-8H3/t16-/m0/s1. The van der Waals surface area contributed by atoms with E-state index in [1.54, 1.807) is 0 Å². The molecule has 0 aliphatic heterocycles. The molecular formula is C16H33BrOSi. The largest absolute Gasteiger partial charge is 0.412 e. The van der Waals surface area contributed by atoms with Crippen molar-refractivity contribution in [2.75, 3.05) is 5.33 Å². The maximum atomic E-state index is 6.69. The van der Waals surface area contributed by atoms with Gasteiger partial charge in [-0.1, -0.05) is 48.4 Å². The summed E-state index contributed by atoms with van der Waals surface area (Å²) in [6.45, 7) is 18.2. The predicted octanol–water partition coefficient (Wildman–Crippen LogP) is 6.30. The Bertz CT molecular complexity index is 300. The van der Waals surface area contributed by atoms with E-state index in [9.17, 15) is 0 Å². The second-order valence-electron chi connectivity index (χ2n) is 7.57. The first kappa shape index (κ1) is 19.4. The van der Waals surface area contributed by atoms with Crippen LogP contribution in [0.5, 0.6) is 0 Å². The molecular weight excluding hydrogens is 316 g/mol. The molecule has 0 saturated carbocycles. The summed E-state index contributed by atoms with van der Waals surface area (Å²) in [5, 5.41) is 1.28. The fourth-order valence-corrected chi connectivity index (χ4v) is 4.44. The van der Waals surface area contributed by atoms with Gasteiger partial charge in [0.25, 0.3) is 0 Å². The van der Waals surface area contributed by atoms with Crippen LogP contribution in [0, 0.1) is 0 Å².